The second-order valence-corrected chi connectivity index (χ2v) is 3.97. The van der Waals surface area contributed by atoms with Crippen molar-refractivity contribution in [1.82, 2.24) is 4.57 Å². The minimum Gasteiger partial charge on any atom is -0.478 e. The van der Waals surface area contributed by atoms with Crippen molar-refractivity contribution in [2.45, 2.75) is 13.3 Å². The van der Waals surface area contributed by atoms with E-state index in [-0.39, 0.29) is 11.1 Å². The number of fused-ring (bicyclic) bond motifs is 1. The highest BCUT2D eigenvalue weighted by Gasteiger charge is 2.12. The van der Waals surface area contributed by atoms with Crippen molar-refractivity contribution in [1.29, 1.82) is 0 Å². The maximum atomic E-state index is 11.6. The van der Waals surface area contributed by atoms with Gasteiger partial charge >= 0.3 is 5.97 Å². The van der Waals surface area contributed by atoms with E-state index in [9.17, 15) is 9.59 Å². The van der Waals surface area contributed by atoms with Crippen LogP contribution in [0.5, 0.6) is 0 Å². The first-order chi connectivity index (χ1) is 8.04. The second-order valence-electron chi connectivity index (χ2n) is 3.97. The number of aryl methyl sites for hydroxylation is 2. The van der Waals surface area contributed by atoms with Crippen molar-refractivity contribution in [2.24, 2.45) is 7.05 Å². The number of pyridine rings is 1. The van der Waals surface area contributed by atoms with Crippen LogP contribution in [0.3, 0.4) is 0 Å². The molecule has 2 aromatic rings. The van der Waals surface area contributed by atoms with E-state index in [0.717, 1.165) is 12.0 Å². The Morgan fingerprint density at radius 3 is 2.65 bits per heavy atom. The number of hydrogen-bond donors (Lipinski definition) is 1. The lowest BCUT2D eigenvalue weighted by Gasteiger charge is -2.08. The Kier molecular flexibility index (Phi) is 2.71. The number of benzene rings is 1. The van der Waals surface area contributed by atoms with Crippen LogP contribution in [0.2, 0.25) is 0 Å². The number of aromatic nitrogens is 1. The zero-order valence-corrected chi connectivity index (χ0v) is 9.73. The predicted octanol–water partition coefficient (Wildman–Crippen LogP) is 1.80. The fraction of sp³-hybridized carbons (Fsp3) is 0.231. The van der Waals surface area contributed by atoms with Crippen LogP contribution in [0.25, 0.3) is 10.9 Å². The molecule has 0 radical (unpaired) electrons. The van der Waals surface area contributed by atoms with Crippen LogP contribution in [0.4, 0.5) is 0 Å². The molecule has 0 aliphatic carbocycles. The Bertz CT molecular complexity index is 655. The van der Waals surface area contributed by atoms with Crippen LogP contribution in [-0.4, -0.2) is 15.6 Å². The third-order valence-corrected chi connectivity index (χ3v) is 2.95. The highest BCUT2D eigenvalue weighted by atomic mass is 16.4. The predicted molar refractivity (Wildman–Crippen MR) is 65.5 cm³/mol. The minimum absolute atomic E-state index is 0.0680. The normalized spacial score (nSPS) is 10.7. The van der Waals surface area contributed by atoms with E-state index in [1.54, 1.807) is 13.1 Å². The fourth-order valence-corrected chi connectivity index (χ4v) is 1.91. The molecule has 0 amide bonds. The summed E-state index contributed by atoms with van der Waals surface area (Å²) >= 11 is 0. The molecule has 1 heterocycles. The Morgan fingerprint density at radius 1 is 1.35 bits per heavy atom. The molecule has 0 fully saturated rings. The largest absolute Gasteiger partial charge is 0.478 e. The first-order valence-corrected chi connectivity index (χ1v) is 5.40. The summed E-state index contributed by atoms with van der Waals surface area (Å²) in [4.78, 5) is 22.7. The van der Waals surface area contributed by atoms with Gasteiger partial charge < -0.3 is 9.67 Å². The van der Waals surface area contributed by atoms with Crippen LogP contribution in [0.15, 0.2) is 29.1 Å². The van der Waals surface area contributed by atoms with Crippen molar-refractivity contribution >= 4 is 16.9 Å². The molecule has 4 nitrogen and oxygen atoms in total. The first-order valence-electron chi connectivity index (χ1n) is 5.40. The zero-order valence-electron chi connectivity index (χ0n) is 9.73. The molecule has 0 unspecified atom stereocenters. The highest BCUT2D eigenvalue weighted by Crippen LogP contribution is 2.18. The SMILES string of the molecule is CCc1ccc2c(c1)c(C(=O)O)cc(=O)n2C. The van der Waals surface area contributed by atoms with E-state index >= 15 is 0 Å². The molecule has 2 rings (SSSR count). The molecule has 17 heavy (non-hydrogen) atoms. The number of rotatable bonds is 2. The quantitative estimate of drug-likeness (QED) is 0.857. The summed E-state index contributed by atoms with van der Waals surface area (Å²) in [6, 6.07) is 6.71. The molecule has 0 bridgehead atoms. The summed E-state index contributed by atoms with van der Waals surface area (Å²) in [6.07, 6.45) is 0.831. The Balaban J connectivity index is 2.94. The van der Waals surface area contributed by atoms with Crippen LogP contribution >= 0.6 is 0 Å². The highest BCUT2D eigenvalue weighted by molar-refractivity contribution is 6.02. The van der Waals surface area contributed by atoms with Gasteiger partial charge in [-0.1, -0.05) is 13.0 Å². The smallest absolute Gasteiger partial charge is 0.336 e. The molecule has 1 aromatic carbocycles. The van der Waals surface area contributed by atoms with Gasteiger partial charge in [0.15, 0.2) is 0 Å². The maximum Gasteiger partial charge on any atom is 0.336 e. The molecule has 0 atom stereocenters. The van der Waals surface area contributed by atoms with Crippen LogP contribution in [0.1, 0.15) is 22.8 Å². The molecule has 1 N–H and O–H groups in total. The molecule has 1 aromatic heterocycles. The lowest BCUT2D eigenvalue weighted by molar-refractivity contribution is 0.0699. The molecule has 4 heteroatoms. The monoisotopic (exact) mass is 231 g/mol. The molecule has 0 spiro atoms. The number of carbonyl (C=O) groups is 1. The standard InChI is InChI=1S/C13H13NO3/c1-3-8-4-5-11-9(6-8)10(13(16)17)7-12(15)14(11)2/h4-7H,3H2,1-2H3,(H,16,17). The molecule has 88 valence electrons. The van der Waals surface area contributed by atoms with Gasteiger partial charge in [-0.3, -0.25) is 4.79 Å². The summed E-state index contributed by atoms with van der Waals surface area (Å²) in [7, 11) is 1.64. The van der Waals surface area contributed by atoms with Crippen molar-refractivity contribution in [2.75, 3.05) is 0 Å². The molecule has 0 aliphatic rings. The average molecular weight is 231 g/mol. The summed E-state index contributed by atoms with van der Waals surface area (Å²) in [5.74, 6) is -1.07. The number of aromatic carboxylic acids is 1. The maximum absolute atomic E-state index is 11.6. The van der Waals surface area contributed by atoms with Gasteiger partial charge in [0.2, 0.25) is 0 Å². The van der Waals surface area contributed by atoms with Gasteiger partial charge in [-0.05, 0) is 24.1 Å². The number of nitrogens with zero attached hydrogens (tertiary/aromatic N) is 1. The minimum atomic E-state index is -1.07. The van der Waals surface area contributed by atoms with Crippen molar-refractivity contribution in [3.8, 4) is 0 Å². The molecule has 0 saturated carbocycles. The number of carboxylic acids is 1. The molecule has 0 aliphatic heterocycles. The van der Waals surface area contributed by atoms with Gasteiger partial charge in [0.25, 0.3) is 5.56 Å². The van der Waals surface area contributed by atoms with Gasteiger partial charge in [-0.2, -0.15) is 0 Å². The summed E-state index contributed by atoms with van der Waals surface area (Å²) in [5.41, 5.74) is 1.46. The Hall–Kier alpha value is -2.10. The Labute approximate surface area is 98.1 Å². The lowest BCUT2D eigenvalue weighted by Crippen LogP contribution is -2.18. The fourth-order valence-electron chi connectivity index (χ4n) is 1.91. The Morgan fingerprint density at radius 2 is 2.06 bits per heavy atom. The van der Waals surface area contributed by atoms with Gasteiger partial charge in [0, 0.05) is 18.5 Å². The van der Waals surface area contributed by atoms with E-state index in [0.29, 0.717) is 10.9 Å². The van der Waals surface area contributed by atoms with Crippen LogP contribution in [0, 0.1) is 0 Å². The zero-order chi connectivity index (χ0) is 12.6. The van der Waals surface area contributed by atoms with Gasteiger partial charge in [0.05, 0.1) is 11.1 Å². The second kappa shape index (κ2) is 4.05. The first kappa shape index (κ1) is 11.4. The molecule has 0 saturated heterocycles. The van der Waals surface area contributed by atoms with E-state index in [2.05, 4.69) is 0 Å². The van der Waals surface area contributed by atoms with Crippen LogP contribution in [-0.2, 0) is 13.5 Å². The number of hydrogen-bond acceptors (Lipinski definition) is 2. The third-order valence-electron chi connectivity index (χ3n) is 2.95. The van der Waals surface area contributed by atoms with E-state index < -0.39 is 5.97 Å². The summed E-state index contributed by atoms with van der Waals surface area (Å²) in [6.45, 7) is 2.00. The molecular weight excluding hydrogens is 218 g/mol. The number of carboxylic acid groups (broad SMARTS) is 1. The van der Waals surface area contributed by atoms with Gasteiger partial charge in [0.1, 0.15) is 0 Å². The summed E-state index contributed by atoms with van der Waals surface area (Å²) < 4.78 is 1.46. The molecular formula is C13H13NO3. The average Bonchev–Trinajstić information content (AvgIpc) is 2.32. The summed E-state index contributed by atoms with van der Waals surface area (Å²) in [5, 5.41) is 9.72. The van der Waals surface area contributed by atoms with Crippen molar-refractivity contribution in [3.63, 3.8) is 0 Å². The van der Waals surface area contributed by atoms with Crippen molar-refractivity contribution < 1.29 is 9.90 Å². The van der Waals surface area contributed by atoms with E-state index in [1.165, 1.54) is 10.6 Å². The van der Waals surface area contributed by atoms with Crippen molar-refractivity contribution in [3.05, 3.63) is 45.7 Å². The lowest BCUT2D eigenvalue weighted by atomic mass is 10.0. The van der Waals surface area contributed by atoms with E-state index in [1.807, 2.05) is 19.1 Å². The van der Waals surface area contributed by atoms with Gasteiger partial charge in [-0.25, -0.2) is 4.79 Å². The van der Waals surface area contributed by atoms with Crippen LogP contribution < -0.4 is 5.56 Å². The van der Waals surface area contributed by atoms with E-state index in [4.69, 9.17) is 5.11 Å². The topological polar surface area (TPSA) is 59.3 Å². The van der Waals surface area contributed by atoms with Gasteiger partial charge in [-0.15, -0.1) is 0 Å². The third kappa shape index (κ3) is 1.82.